The van der Waals surface area contributed by atoms with Crippen LogP contribution in [0.1, 0.15) is 29.6 Å². The molecule has 1 amide bonds. The number of amides is 1. The fourth-order valence-corrected chi connectivity index (χ4v) is 7.09. The van der Waals surface area contributed by atoms with Crippen molar-refractivity contribution in [1.82, 2.24) is 10.6 Å². The van der Waals surface area contributed by atoms with Crippen LogP contribution in [0.2, 0.25) is 0 Å². The van der Waals surface area contributed by atoms with Crippen molar-refractivity contribution in [3.63, 3.8) is 0 Å². The first-order valence-corrected chi connectivity index (χ1v) is 11.7. The summed E-state index contributed by atoms with van der Waals surface area (Å²) < 4.78 is 26.8. The van der Waals surface area contributed by atoms with Crippen molar-refractivity contribution in [3.8, 4) is 0 Å². The van der Waals surface area contributed by atoms with E-state index in [-0.39, 0.29) is 16.8 Å². The van der Waals surface area contributed by atoms with Crippen LogP contribution < -0.4 is 10.6 Å². The topological polar surface area (TPSA) is 75.3 Å². The summed E-state index contributed by atoms with van der Waals surface area (Å²) in [6, 6.07) is 16.6. The van der Waals surface area contributed by atoms with Gasteiger partial charge in [-0.2, -0.15) is 0 Å². The molecule has 7 heteroatoms. The van der Waals surface area contributed by atoms with Gasteiger partial charge in [-0.3, -0.25) is 4.79 Å². The Kier molecular flexibility index (Phi) is 4.26. The lowest BCUT2D eigenvalue weighted by Gasteiger charge is -2.21. The zero-order valence-electron chi connectivity index (χ0n) is 15.1. The van der Waals surface area contributed by atoms with Gasteiger partial charge in [-0.05, 0) is 55.0 Å². The zero-order chi connectivity index (χ0) is 19.3. The van der Waals surface area contributed by atoms with Gasteiger partial charge in [-0.15, -0.1) is 11.3 Å². The van der Waals surface area contributed by atoms with E-state index in [4.69, 9.17) is 0 Å². The van der Waals surface area contributed by atoms with Crippen LogP contribution in [0.4, 0.5) is 0 Å². The van der Waals surface area contributed by atoms with Gasteiger partial charge in [0.1, 0.15) is 4.21 Å². The molecule has 3 heterocycles. The second-order valence-corrected chi connectivity index (χ2v) is 10.8. The molecule has 2 saturated heterocycles. The molecule has 28 heavy (non-hydrogen) atoms. The third-order valence-corrected chi connectivity index (χ3v) is 9.04. The first kappa shape index (κ1) is 17.8. The highest BCUT2D eigenvalue weighted by atomic mass is 32.2. The number of benzene rings is 2. The van der Waals surface area contributed by atoms with Crippen molar-refractivity contribution < 1.29 is 13.2 Å². The molecule has 2 fully saturated rings. The van der Waals surface area contributed by atoms with E-state index < -0.39 is 9.84 Å². The van der Waals surface area contributed by atoms with Crippen LogP contribution in [0.5, 0.6) is 0 Å². The van der Waals surface area contributed by atoms with Gasteiger partial charge < -0.3 is 10.6 Å². The molecular formula is C21H20N2O3S2. The van der Waals surface area contributed by atoms with Gasteiger partial charge in [-0.1, -0.05) is 24.3 Å². The van der Waals surface area contributed by atoms with Gasteiger partial charge >= 0.3 is 0 Å². The van der Waals surface area contributed by atoms with Crippen molar-refractivity contribution >= 4 is 37.2 Å². The van der Waals surface area contributed by atoms with E-state index >= 15 is 0 Å². The number of hydrogen-bond donors (Lipinski definition) is 2. The number of sulfone groups is 1. The number of hydrogen-bond acceptors (Lipinski definition) is 5. The summed E-state index contributed by atoms with van der Waals surface area (Å²) in [5.41, 5.74) is 0.570. The van der Waals surface area contributed by atoms with Crippen molar-refractivity contribution in [1.29, 1.82) is 0 Å². The van der Waals surface area contributed by atoms with Crippen LogP contribution in [0.25, 0.3) is 10.1 Å². The Morgan fingerprint density at radius 1 is 1.07 bits per heavy atom. The van der Waals surface area contributed by atoms with Crippen LogP contribution in [0, 0.1) is 0 Å². The molecule has 0 saturated carbocycles. The quantitative estimate of drug-likeness (QED) is 0.689. The van der Waals surface area contributed by atoms with E-state index in [1.165, 1.54) is 17.8 Å². The fourth-order valence-electron chi connectivity index (χ4n) is 4.23. The van der Waals surface area contributed by atoms with Crippen molar-refractivity contribution in [2.75, 3.05) is 0 Å². The van der Waals surface area contributed by atoms with Gasteiger partial charge in [0.05, 0.1) is 4.90 Å². The van der Waals surface area contributed by atoms with Crippen molar-refractivity contribution in [2.45, 2.75) is 46.5 Å². The van der Waals surface area contributed by atoms with E-state index in [9.17, 15) is 13.2 Å². The summed E-state index contributed by atoms with van der Waals surface area (Å²) in [7, 11) is -3.55. The van der Waals surface area contributed by atoms with Gasteiger partial charge in [0.25, 0.3) is 5.91 Å². The minimum Gasteiger partial charge on any atom is -0.348 e. The van der Waals surface area contributed by atoms with Crippen LogP contribution >= 0.6 is 11.3 Å². The normalized spacial score (nSPS) is 23.9. The molecular weight excluding hydrogens is 392 g/mol. The Bertz CT molecular complexity index is 1150. The number of fused-ring (bicyclic) bond motifs is 3. The minimum absolute atomic E-state index is 0.0953. The third-order valence-electron chi connectivity index (χ3n) is 5.69. The first-order chi connectivity index (χ1) is 13.5. The third kappa shape index (κ3) is 3.03. The maximum Gasteiger partial charge on any atom is 0.251 e. The molecule has 144 valence electrons. The summed E-state index contributed by atoms with van der Waals surface area (Å²) in [5, 5.41) is 7.49. The first-order valence-electron chi connectivity index (χ1n) is 9.41. The monoisotopic (exact) mass is 412 g/mol. The molecule has 3 atom stereocenters. The molecule has 5 rings (SSSR count). The molecule has 2 aliphatic rings. The van der Waals surface area contributed by atoms with Gasteiger partial charge in [-0.25, -0.2) is 8.42 Å². The zero-order valence-corrected chi connectivity index (χ0v) is 16.7. The molecule has 2 aromatic carbocycles. The Labute approximate surface area is 167 Å². The predicted octanol–water partition coefficient (Wildman–Crippen LogP) is 3.36. The van der Waals surface area contributed by atoms with E-state index in [0.29, 0.717) is 21.9 Å². The standard InChI is InChI=1S/C21H20N2O3S2/c24-21(23-18-12-15-8-9-17(18)22-15)14-7-6-13-11-20(27-19(13)10-14)28(25,26)16-4-2-1-3-5-16/h1-7,10-11,15,17-18,22H,8-9,12H2,(H,23,24)/t15-,17+,18-/m1/s1. The van der Waals surface area contributed by atoms with E-state index in [2.05, 4.69) is 10.6 Å². The fraction of sp³-hybridized carbons (Fsp3) is 0.286. The highest BCUT2D eigenvalue weighted by molar-refractivity contribution is 7.93. The lowest BCUT2D eigenvalue weighted by atomic mass is 9.95. The highest BCUT2D eigenvalue weighted by Gasteiger charge is 2.39. The van der Waals surface area contributed by atoms with E-state index in [1.807, 2.05) is 6.07 Å². The largest absolute Gasteiger partial charge is 0.348 e. The average molecular weight is 413 g/mol. The predicted molar refractivity (Wildman–Crippen MR) is 110 cm³/mol. The second kappa shape index (κ2) is 6.69. The number of nitrogens with one attached hydrogen (secondary N) is 2. The van der Waals surface area contributed by atoms with Crippen LogP contribution in [0.15, 0.2) is 63.7 Å². The minimum atomic E-state index is -3.55. The lowest BCUT2D eigenvalue weighted by molar-refractivity contribution is 0.0931. The number of rotatable bonds is 4. The Hall–Kier alpha value is -2.22. The van der Waals surface area contributed by atoms with Gasteiger partial charge in [0.15, 0.2) is 0 Å². The lowest BCUT2D eigenvalue weighted by Crippen LogP contribution is -2.42. The van der Waals surface area contributed by atoms with E-state index in [0.717, 1.165) is 22.9 Å². The van der Waals surface area contributed by atoms with Crippen molar-refractivity contribution in [3.05, 3.63) is 60.2 Å². The molecule has 2 aliphatic heterocycles. The van der Waals surface area contributed by atoms with Crippen LogP contribution in [-0.2, 0) is 9.84 Å². The van der Waals surface area contributed by atoms with Crippen molar-refractivity contribution in [2.24, 2.45) is 0 Å². The summed E-state index contributed by atoms with van der Waals surface area (Å²) >= 11 is 1.21. The molecule has 1 aromatic heterocycles. The van der Waals surface area contributed by atoms with Crippen LogP contribution in [0.3, 0.4) is 0 Å². The molecule has 0 unspecified atom stereocenters. The molecule has 0 spiro atoms. The molecule has 3 aromatic rings. The molecule has 5 nitrogen and oxygen atoms in total. The smallest absolute Gasteiger partial charge is 0.251 e. The maximum atomic E-state index is 12.8. The Morgan fingerprint density at radius 2 is 1.89 bits per heavy atom. The summed E-state index contributed by atoms with van der Waals surface area (Å²) in [6.45, 7) is 0. The summed E-state index contributed by atoms with van der Waals surface area (Å²) in [5.74, 6) is -0.0953. The average Bonchev–Trinajstić information content (AvgIpc) is 3.43. The Morgan fingerprint density at radius 3 is 2.61 bits per heavy atom. The number of carbonyl (C=O) groups is 1. The molecule has 0 aliphatic carbocycles. The number of carbonyl (C=O) groups excluding carboxylic acids is 1. The SMILES string of the molecule is O=C(N[C@@H]1C[C@H]2CC[C@@H]1N2)c1ccc2cc(S(=O)(=O)c3ccccc3)sc2c1. The summed E-state index contributed by atoms with van der Waals surface area (Å²) in [6.07, 6.45) is 3.29. The van der Waals surface area contributed by atoms with Gasteiger partial charge in [0.2, 0.25) is 9.84 Å². The van der Waals surface area contributed by atoms with Gasteiger partial charge in [0, 0.05) is 28.4 Å². The highest BCUT2D eigenvalue weighted by Crippen LogP contribution is 2.33. The Balaban J connectivity index is 1.42. The molecule has 2 bridgehead atoms. The number of thiophene rings is 1. The summed E-state index contributed by atoms with van der Waals surface area (Å²) in [4.78, 5) is 13.0. The van der Waals surface area contributed by atoms with E-state index in [1.54, 1.807) is 48.5 Å². The second-order valence-electron chi connectivity index (χ2n) is 7.50. The molecule has 0 radical (unpaired) electrons. The maximum absolute atomic E-state index is 12.8. The van der Waals surface area contributed by atoms with Crippen LogP contribution in [-0.4, -0.2) is 32.5 Å². The molecule has 2 N–H and O–H groups in total.